The maximum absolute atomic E-state index is 12.3. The topological polar surface area (TPSA) is 125 Å². The first-order chi connectivity index (χ1) is 24.3. The number of ether oxygens (including phenoxy) is 4. The number of carbonyl (C=O) groups is 2. The molecule has 0 saturated heterocycles. The molecule has 9 nitrogen and oxygen atoms in total. The van der Waals surface area contributed by atoms with Gasteiger partial charge in [0, 0.05) is 13.2 Å². The summed E-state index contributed by atoms with van der Waals surface area (Å²) >= 11 is 0. The molecular weight excluding hydrogens is 656 g/mol. The van der Waals surface area contributed by atoms with Gasteiger partial charge in [-0.2, -0.15) is 8.42 Å². The summed E-state index contributed by atoms with van der Waals surface area (Å²) in [4.78, 5) is 24.4. The first-order valence-electron chi connectivity index (χ1n) is 20.8. The van der Waals surface area contributed by atoms with Crippen LogP contribution >= 0.6 is 0 Å². The van der Waals surface area contributed by atoms with Crippen molar-refractivity contribution in [1.82, 2.24) is 0 Å². The van der Waals surface area contributed by atoms with Crippen LogP contribution in [-0.4, -0.2) is 69.8 Å². The second-order valence-corrected chi connectivity index (χ2v) is 15.6. The summed E-state index contributed by atoms with van der Waals surface area (Å²) in [6.07, 6.45) is 35.0. The average Bonchev–Trinajstić information content (AvgIpc) is 3.09. The van der Waals surface area contributed by atoms with Gasteiger partial charge in [-0.25, -0.2) is 0 Å². The van der Waals surface area contributed by atoms with E-state index in [-0.39, 0.29) is 26.4 Å². The van der Waals surface area contributed by atoms with Crippen molar-refractivity contribution in [3.8, 4) is 0 Å². The van der Waals surface area contributed by atoms with Crippen molar-refractivity contribution >= 4 is 22.1 Å². The molecule has 50 heavy (non-hydrogen) atoms. The lowest BCUT2D eigenvalue weighted by atomic mass is 10.0. The van der Waals surface area contributed by atoms with Crippen LogP contribution < -0.4 is 0 Å². The van der Waals surface area contributed by atoms with Gasteiger partial charge in [0.2, 0.25) is 0 Å². The van der Waals surface area contributed by atoms with Crippen molar-refractivity contribution in [2.24, 2.45) is 0 Å². The molecule has 0 bridgehead atoms. The Hall–Kier alpha value is -1.23. The fourth-order valence-electron chi connectivity index (χ4n) is 6.03. The van der Waals surface area contributed by atoms with Gasteiger partial charge in [-0.05, 0) is 12.8 Å². The zero-order valence-corrected chi connectivity index (χ0v) is 33.3. The van der Waals surface area contributed by atoms with Gasteiger partial charge in [0.15, 0.2) is 5.25 Å². The summed E-state index contributed by atoms with van der Waals surface area (Å²) in [5.41, 5.74) is 0. The van der Waals surface area contributed by atoms with E-state index < -0.39 is 33.7 Å². The summed E-state index contributed by atoms with van der Waals surface area (Å²) < 4.78 is 53.9. The number of unbranched alkanes of at least 4 members (excludes halogenated alkanes) is 26. The van der Waals surface area contributed by atoms with E-state index in [4.69, 9.17) is 18.9 Å². The van der Waals surface area contributed by atoms with Crippen molar-refractivity contribution in [2.45, 2.75) is 205 Å². The van der Waals surface area contributed by atoms with E-state index in [1.807, 2.05) is 0 Å². The maximum Gasteiger partial charge on any atom is 0.327 e. The van der Waals surface area contributed by atoms with E-state index in [2.05, 4.69) is 13.8 Å². The molecule has 0 rings (SSSR count). The summed E-state index contributed by atoms with van der Waals surface area (Å²) in [5, 5.41) is -2.03. The molecule has 0 saturated carbocycles. The van der Waals surface area contributed by atoms with Crippen LogP contribution in [0.5, 0.6) is 0 Å². The van der Waals surface area contributed by atoms with Crippen LogP contribution in [0.25, 0.3) is 0 Å². The maximum atomic E-state index is 12.3. The Morgan fingerprint density at radius 2 is 0.740 bits per heavy atom. The molecule has 1 unspecified atom stereocenters. The molecule has 0 aliphatic carbocycles. The van der Waals surface area contributed by atoms with Crippen LogP contribution in [0.1, 0.15) is 200 Å². The smallest absolute Gasteiger partial charge is 0.327 e. The number of rotatable bonds is 40. The predicted octanol–water partition coefficient (Wildman–Crippen LogP) is 10.7. The van der Waals surface area contributed by atoms with E-state index in [0.717, 1.165) is 25.7 Å². The van der Waals surface area contributed by atoms with Crippen LogP contribution in [0.15, 0.2) is 0 Å². The highest BCUT2D eigenvalue weighted by Crippen LogP contribution is 2.15. The highest BCUT2D eigenvalue weighted by molar-refractivity contribution is 7.87. The minimum absolute atomic E-state index is 0.0578. The third kappa shape index (κ3) is 35.2. The highest BCUT2D eigenvalue weighted by atomic mass is 32.2. The Kier molecular flexibility index (Phi) is 36.6. The Bertz CT molecular complexity index is 850. The molecule has 0 aromatic carbocycles. The molecule has 1 atom stereocenters. The monoisotopic (exact) mass is 735 g/mol. The lowest BCUT2D eigenvalue weighted by Gasteiger charge is -2.13. The molecule has 298 valence electrons. The van der Waals surface area contributed by atoms with Gasteiger partial charge in [-0.15, -0.1) is 0 Å². The van der Waals surface area contributed by atoms with Gasteiger partial charge < -0.3 is 18.9 Å². The predicted molar refractivity (Wildman–Crippen MR) is 204 cm³/mol. The first-order valence-corrected chi connectivity index (χ1v) is 22.3. The number of hydrogen-bond acceptors (Lipinski definition) is 8. The number of esters is 2. The van der Waals surface area contributed by atoms with Gasteiger partial charge in [0.25, 0.3) is 10.1 Å². The molecule has 0 amide bonds. The van der Waals surface area contributed by atoms with Crippen molar-refractivity contribution in [2.75, 3.05) is 39.6 Å². The van der Waals surface area contributed by atoms with Crippen molar-refractivity contribution in [3.63, 3.8) is 0 Å². The zero-order valence-electron chi connectivity index (χ0n) is 32.4. The van der Waals surface area contributed by atoms with Crippen LogP contribution in [0.2, 0.25) is 0 Å². The van der Waals surface area contributed by atoms with E-state index >= 15 is 0 Å². The van der Waals surface area contributed by atoms with Crippen molar-refractivity contribution in [1.29, 1.82) is 0 Å². The Morgan fingerprint density at radius 1 is 0.440 bits per heavy atom. The van der Waals surface area contributed by atoms with Crippen LogP contribution in [0.4, 0.5) is 0 Å². The molecule has 0 aliphatic heterocycles. The van der Waals surface area contributed by atoms with Gasteiger partial charge in [0.1, 0.15) is 13.2 Å². The third-order valence-corrected chi connectivity index (χ3v) is 10.3. The van der Waals surface area contributed by atoms with Gasteiger partial charge >= 0.3 is 11.9 Å². The number of hydrogen-bond donors (Lipinski definition) is 1. The van der Waals surface area contributed by atoms with Crippen molar-refractivity contribution < 1.29 is 41.5 Å². The molecule has 0 aromatic rings. The molecule has 0 heterocycles. The lowest BCUT2D eigenvalue weighted by Crippen LogP contribution is -2.35. The lowest BCUT2D eigenvalue weighted by molar-refractivity contribution is -0.151. The Morgan fingerprint density at radius 3 is 1.06 bits per heavy atom. The van der Waals surface area contributed by atoms with E-state index in [9.17, 15) is 22.6 Å². The third-order valence-electron chi connectivity index (χ3n) is 9.22. The second-order valence-electron chi connectivity index (χ2n) is 14.0. The fraction of sp³-hybridized carbons (Fsp3) is 0.950. The molecule has 0 aromatic heterocycles. The van der Waals surface area contributed by atoms with E-state index in [0.29, 0.717) is 13.2 Å². The van der Waals surface area contributed by atoms with E-state index in [1.54, 1.807) is 0 Å². The van der Waals surface area contributed by atoms with Gasteiger partial charge in [-0.1, -0.05) is 181 Å². The molecule has 0 fully saturated rings. The SMILES string of the molecule is CCCCCCCCCCCCCCCCOCCOC(=O)CC(C(=O)OCCOCCCCCCCCCCCCCCCC)S(=O)(=O)O. The normalized spacial score (nSPS) is 12.3. The minimum Gasteiger partial charge on any atom is -0.463 e. The largest absolute Gasteiger partial charge is 0.463 e. The van der Waals surface area contributed by atoms with E-state index in [1.165, 1.54) is 154 Å². The summed E-state index contributed by atoms with van der Waals surface area (Å²) in [7, 11) is -4.84. The molecule has 1 N–H and O–H groups in total. The first kappa shape index (κ1) is 48.8. The second kappa shape index (κ2) is 37.5. The summed E-state index contributed by atoms with van der Waals surface area (Å²) in [6, 6.07) is 0. The minimum atomic E-state index is -4.84. The molecular formula is C40H78O9S. The van der Waals surface area contributed by atoms with Crippen LogP contribution in [0.3, 0.4) is 0 Å². The number of carbonyl (C=O) groups excluding carboxylic acids is 2. The average molecular weight is 735 g/mol. The molecule has 10 heteroatoms. The quantitative estimate of drug-likeness (QED) is 0.0372. The van der Waals surface area contributed by atoms with Crippen LogP contribution in [-0.2, 0) is 38.7 Å². The summed E-state index contributed by atoms with van der Waals surface area (Å²) in [5.74, 6) is -2.11. The Labute approximate surface area is 307 Å². The molecule has 0 spiro atoms. The van der Waals surface area contributed by atoms with Gasteiger partial charge in [0.05, 0.1) is 19.6 Å². The molecule has 0 aliphatic rings. The molecule has 0 radical (unpaired) electrons. The van der Waals surface area contributed by atoms with Crippen LogP contribution in [0, 0.1) is 0 Å². The van der Waals surface area contributed by atoms with Crippen molar-refractivity contribution in [3.05, 3.63) is 0 Å². The fourth-order valence-corrected chi connectivity index (χ4v) is 6.69. The highest BCUT2D eigenvalue weighted by Gasteiger charge is 2.35. The zero-order chi connectivity index (χ0) is 36.8. The van der Waals surface area contributed by atoms with Gasteiger partial charge in [-0.3, -0.25) is 14.1 Å². The Balaban J connectivity index is 3.70. The summed E-state index contributed by atoms with van der Waals surface area (Å²) in [6.45, 7) is 5.68. The standard InChI is InChI=1S/C40H78O9S/c1-3-5-7-9-11-13-15-17-19-21-23-25-27-29-31-46-33-35-48-39(41)37-38(50(43,44)45)40(42)49-36-34-47-32-30-28-26-24-22-20-18-16-14-12-10-8-6-4-2/h38H,3-37H2,1-2H3,(H,43,44,45).